The molecule has 1 aliphatic rings. The highest BCUT2D eigenvalue weighted by atomic mass is 16.7. The zero-order chi connectivity index (χ0) is 27.0. The fraction of sp³-hybridized carbons (Fsp3) is 0.429. The molecule has 0 radical (unpaired) electrons. The molecule has 1 amide bonds. The number of carbonyl (C=O) groups is 1. The zero-order valence-corrected chi connectivity index (χ0v) is 22.8. The molecular weight excluding hydrogens is 484 g/mol. The number of fused-ring (bicyclic) bond motifs is 2. The molecule has 0 saturated carbocycles. The molecule has 10 nitrogen and oxygen atoms in total. The molecule has 1 fully saturated rings. The first-order chi connectivity index (χ1) is 18.1. The summed E-state index contributed by atoms with van der Waals surface area (Å²) in [6, 6.07) is 8.17. The fourth-order valence-corrected chi connectivity index (χ4v) is 4.72. The van der Waals surface area contributed by atoms with E-state index in [2.05, 4.69) is 21.0 Å². The number of methoxy groups -OCH3 is 1. The number of nitrogens with zero attached hydrogens (tertiary/aromatic N) is 6. The second-order valence-corrected chi connectivity index (χ2v) is 10.6. The van der Waals surface area contributed by atoms with E-state index in [-0.39, 0.29) is 12.9 Å². The van der Waals surface area contributed by atoms with Gasteiger partial charge in [-0.25, -0.2) is 14.8 Å². The van der Waals surface area contributed by atoms with Crippen molar-refractivity contribution < 1.29 is 19.0 Å². The summed E-state index contributed by atoms with van der Waals surface area (Å²) in [4.78, 5) is 26.0. The number of piperazine rings is 1. The Labute approximate surface area is 222 Å². The van der Waals surface area contributed by atoms with Crippen LogP contribution in [0, 0.1) is 6.92 Å². The molecule has 4 heterocycles. The van der Waals surface area contributed by atoms with Gasteiger partial charge in [0.1, 0.15) is 11.4 Å². The van der Waals surface area contributed by atoms with Gasteiger partial charge in [0.15, 0.2) is 12.4 Å². The van der Waals surface area contributed by atoms with Crippen LogP contribution >= 0.6 is 0 Å². The van der Waals surface area contributed by atoms with Crippen LogP contribution in [0.25, 0.3) is 33.2 Å². The fourth-order valence-electron chi connectivity index (χ4n) is 4.72. The molecule has 3 aromatic heterocycles. The van der Waals surface area contributed by atoms with Gasteiger partial charge in [-0.2, -0.15) is 5.10 Å². The van der Waals surface area contributed by atoms with Crippen LogP contribution in [0.3, 0.4) is 0 Å². The molecule has 4 aromatic rings. The van der Waals surface area contributed by atoms with E-state index >= 15 is 0 Å². The molecule has 1 saturated heterocycles. The molecule has 1 aromatic carbocycles. The lowest BCUT2D eigenvalue weighted by Gasteiger charge is -2.36. The van der Waals surface area contributed by atoms with Gasteiger partial charge in [-0.3, -0.25) is 4.68 Å². The average Bonchev–Trinajstić information content (AvgIpc) is 3.27. The number of ether oxygens (including phenoxy) is 3. The van der Waals surface area contributed by atoms with Crippen LogP contribution in [0.2, 0.25) is 0 Å². The predicted octanol–water partition coefficient (Wildman–Crippen LogP) is 4.53. The number of anilines is 1. The van der Waals surface area contributed by atoms with E-state index < -0.39 is 5.60 Å². The minimum absolute atomic E-state index is 0.128. The molecule has 10 heteroatoms. The zero-order valence-electron chi connectivity index (χ0n) is 22.8. The Bertz CT molecular complexity index is 1480. The van der Waals surface area contributed by atoms with Gasteiger partial charge in [0.25, 0.3) is 0 Å². The number of carbonyl (C=O) groups excluding carboxylic acids is 1. The third kappa shape index (κ3) is 5.22. The molecular formula is C28H34N6O4. The number of aryl methyl sites for hydroxylation is 2. The van der Waals surface area contributed by atoms with Crippen molar-refractivity contribution in [2.45, 2.75) is 33.3 Å². The normalized spacial score (nSPS) is 14.4. The summed E-state index contributed by atoms with van der Waals surface area (Å²) in [5.74, 6) is 0.698. The highest BCUT2D eigenvalue weighted by molar-refractivity contribution is 5.92. The van der Waals surface area contributed by atoms with Crippen molar-refractivity contribution in [2.75, 3.05) is 45.0 Å². The van der Waals surface area contributed by atoms with Gasteiger partial charge < -0.3 is 24.0 Å². The summed E-state index contributed by atoms with van der Waals surface area (Å²) in [6.07, 6.45) is 3.57. The molecule has 0 atom stereocenters. The van der Waals surface area contributed by atoms with Crippen molar-refractivity contribution in [3.63, 3.8) is 0 Å². The molecule has 200 valence electrons. The number of benzene rings is 1. The van der Waals surface area contributed by atoms with E-state index in [1.54, 1.807) is 16.7 Å². The van der Waals surface area contributed by atoms with Gasteiger partial charge in [-0.1, -0.05) is 0 Å². The number of pyridine rings is 2. The Morgan fingerprint density at radius 3 is 2.55 bits per heavy atom. The maximum atomic E-state index is 12.4. The van der Waals surface area contributed by atoms with Crippen molar-refractivity contribution in [2.24, 2.45) is 7.05 Å². The summed E-state index contributed by atoms with van der Waals surface area (Å²) in [7, 11) is 3.50. The lowest BCUT2D eigenvalue weighted by Crippen LogP contribution is -2.50. The van der Waals surface area contributed by atoms with Gasteiger partial charge in [-0.05, 0) is 52.0 Å². The van der Waals surface area contributed by atoms with E-state index in [0.717, 1.165) is 38.8 Å². The second-order valence-electron chi connectivity index (χ2n) is 10.6. The van der Waals surface area contributed by atoms with Crippen LogP contribution in [-0.4, -0.2) is 76.4 Å². The lowest BCUT2D eigenvalue weighted by atomic mass is 10.0. The van der Waals surface area contributed by atoms with Crippen molar-refractivity contribution in [1.29, 1.82) is 0 Å². The molecule has 1 aliphatic heterocycles. The van der Waals surface area contributed by atoms with Gasteiger partial charge in [-0.15, -0.1) is 0 Å². The van der Waals surface area contributed by atoms with E-state index in [9.17, 15) is 4.79 Å². The minimum atomic E-state index is -0.499. The monoisotopic (exact) mass is 518 g/mol. The first-order valence-electron chi connectivity index (χ1n) is 12.7. The number of aromatic nitrogens is 4. The van der Waals surface area contributed by atoms with Gasteiger partial charge in [0.2, 0.25) is 0 Å². The maximum Gasteiger partial charge on any atom is 0.410 e. The van der Waals surface area contributed by atoms with Gasteiger partial charge in [0.05, 0.1) is 23.1 Å². The first-order valence-corrected chi connectivity index (χ1v) is 12.7. The van der Waals surface area contributed by atoms with E-state index in [4.69, 9.17) is 19.2 Å². The van der Waals surface area contributed by atoms with Crippen molar-refractivity contribution >= 4 is 33.7 Å². The van der Waals surface area contributed by atoms with E-state index in [1.165, 1.54) is 0 Å². The van der Waals surface area contributed by atoms with Crippen molar-refractivity contribution in [3.8, 4) is 17.0 Å². The number of hydrogen-bond acceptors (Lipinski definition) is 8. The standard InChI is InChI=1S/C28H34N6O4/c1-18-24-20(16-32(5)31-24)14-22(25(18)37-17-36-6)23-8-7-19-13-21(15-29-26(19)30-23)33-9-11-34(12-10-33)27(35)38-28(2,3)4/h7-8,13-16H,9-12,17H2,1-6H3. The maximum absolute atomic E-state index is 12.4. The minimum Gasteiger partial charge on any atom is -0.466 e. The molecule has 0 bridgehead atoms. The van der Waals surface area contributed by atoms with Crippen LogP contribution in [0.4, 0.5) is 10.5 Å². The van der Waals surface area contributed by atoms with Gasteiger partial charge >= 0.3 is 6.09 Å². The molecule has 0 unspecified atom stereocenters. The topological polar surface area (TPSA) is 94.8 Å². The number of amides is 1. The molecule has 0 spiro atoms. The van der Waals surface area contributed by atoms with Crippen LogP contribution in [0.5, 0.6) is 5.75 Å². The Hall–Kier alpha value is -3.92. The summed E-state index contributed by atoms with van der Waals surface area (Å²) in [5.41, 5.74) is 4.62. The summed E-state index contributed by atoms with van der Waals surface area (Å²) < 4.78 is 18.5. The smallest absolute Gasteiger partial charge is 0.410 e. The van der Waals surface area contributed by atoms with Crippen LogP contribution in [0.1, 0.15) is 26.3 Å². The van der Waals surface area contributed by atoms with Crippen LogP contribution in [-0.2, 0) is 16.5 Å². The average molecular weight is 519 g/mol. The molecule has 0 aliphatic carbocycles. The number of hydrogen-bond donors (Lipinski definition) is 0. The Morgan fingerprint density at radius 2 is 1.84 bits per heavy atom. The van der Waals surface area contributed by atoms with Crippen LogP contribution < -0.4 is 9.64 Å². The third-order valence-electron chi connectivity index (χ3n) is 6.52. The molecule has 0 N–H and O–H groups in total. The summed E-state index contributed by atoms with van der Waals surface area (Å²) in [5, 5.41) is 6.54. The Kier molecular flexibility index (Phi) is 6.83. The molecule has 5 rings (SSSR count). The summed E-state index contributed by atoms with van der Waals surface area (Å²) in [6.45, 7) is 10.4. The van der Waals surface area contributed by atoms with Crippen molar-refractivity contribution in [3.05, 3.63) is 42.2 Å². The predicted molar refractivity (Wildman–Crippen MR) is 147 cm³/mol. The third-order valence-corrected chi connectivity index (χ3v) is 6.52. The van der Waals surface area contributed by atoms with Gasteiger partial charge in [0, 0.05) is 68.4 Å². The highest BCUT2D eigenvalue weighted by Gasteiger charge is 2.26. The SMILES string of the molecule is COCOc1c(-c2ccc3cc(N4CCN(C(=O)OC(C)(C)C)CC4)cnc3n2)cc2cn(C)nc2c1C. The first kappa shape index (κ1) is 25.7. The number of rotatable bonds is 5. The van der Waals surface area contributed by atoms with Crippen LogP contribution in [0.15, 0.2) is 36.7 Å². The highest BCUT2D eigenvalue weighted by Crippen LogP contribution is 2.37. The summed E-state index contributed by atoms with van der Waals surface area (Å²) >= 11 is 0. The second kappa shape index (κ2) is 10.1. The van der Waals surface area contributed by atoms with Crippen molar-refractivity contribution in [1.82, 2.24) is 24.6 Å². The quantitative estimate of drug-likeness (QED) is 0.356. The lowest BCUT2D eigenvalue weighted by molar-refractivity contribution is 0.0240. The van der Waals surface area contributed by atoms with E-state index in [1.807, 2.05) is 65.3 Å². The largest absolute Gasteiger partial charge is 0.466 e. The molecule has 38 heavy (non-hydrogen) atoms. The Morgan fingerprint density at radius 1 is 1.08 bits per heavy atom. The Balaban J connectivity index is 1.39. The van der Waals surface area contributed by atoms with E-state index in [0.29, 0.717) is 37.6 Å².